The average Bonchev–Trinajstić information content (AvgIpc) is 3.22. The lowest BCUT2D eigenvalue weighted by Gasteiger charge is -2.09. The van der Waals surface area contributed by atoms with Crippen LogP contribution in [0.1, 0.15) is 16.3 Å². The maximum atomic E-state index is 6.31. The molecule has 0 saturated heterocycles. The van der Waals surface area contributed by atoms with E-state index in [2.05, 4.69) is 32.3 Å². The van der Waals surface area contributed by atoms with E-state index in [1.807, 2.05) is 25.1 Å². The van der Waals surface area contributed by atoms with Gasteiger partial charge < -0.3 is 9.30 Å². The first-order valence-electron chi connectivity index (χ1n) is 7.55. The number of hydrogen-bond acceptors (Lipinski definition) is 5. The number of halogens is 1. The molecule has 2 aromatic heterocycles. The number of thiophene rings is 1. The predicted octanol–water partition coefficient (Wildman–Crippen LogP) is 4.85. The van der Waals surface area contributed by atoms with Gasteiger partial charge >= 0.3 is 0 Å². The van der Waals surface area contributed by atoms with Crippen LogP contribution in [0.15, 0.2) is 40.9 Å². The highest BCUT2D eigenvalue weighted by atomic mass is 35.5. The lowest BCUT2D eigenvalue weighted by Crippen LogP contribution is -2.04. The van der Waals surface area contributed by atoms with E-state index in [0.717, 1.165) is 41.0 Å². The van der Waals surface area contributed by atoms with Crippen molar-refractivity contribution in [2.75, 3.05) is 7.11 Å². The van der Waals surface area contributed by atoms with E-state index in [9.17, 15) is 0 Å². The van der Waals surface area contributed by atoms with Crippen molar-refractivity contribution in [2.24, 2.45) is 0 Å². The smallest absolute Gasteiger partial charge is 0.191 e. The van der Waals surface area contributed by atoms with Crippen LogP contribution in [-0.4, -0.2) is 21.9 Å². The summed E-state index contributed by atoms with van der Waals surface area (Å²) < 4.78 is 7.35. The third-order valence-electron chi connectivity index (χ3n) is 3.68. The van der Waals surface area contributed by atoms with Crippen LogP contribution in [0, 0.1) is 6.92 Å². The molecule has 0 unspecified atom stereocenters. The zero-order chi connectivity index (χ0) is 16.9. The second-order valence-electron chi connectivity index (χ2n) is 5.26. The summed E-state index contributed by atoms with van der Waals surface area (Å²) in [7, 11) is 1.64. The van der Waals surface area contributed by atoms with Gasteiger partial charge in [-0.1, -0.05) is 35.5 Å². The number of benzene rings is 1. The molecule has 126 valence electrons. The third-order valence-corrected chi connectivity index (χ3v) is 5.98. The van der Waals surface area contributed by atoms with Gasteiger partial charge in [0, 0.05) is 22.2 Å². The number of ether oxygens (including phenoxy) is 1. The SMILES string of the molecule is COc1ccc(CSc2nnc(C)n2CCc2cccs2)c(Cl)c1. The molecule has 3 rings (SSSR count). The first-order chi connectivity index (χ1) is 11.7. The Kier molecular flexibility index (Phi) is 5.81. The standard InChI is InChI=1S/C17H18ClN3OS2/c1-12-19-20-17(21(12)8-7-15-4-3-9-23-15)24-11-13-5-6-14(22-2)10-16(13)18/h3-6,9-10H,7-8,11H2,1-2H3. The normalized spacial score (nSPS) is 11.0. The van der Waals surface area contributed by atoms with Gasteiger partial charge in [0.1, 0.15) is 11.6 Å². The molecule has 0 aliphatic heterocycles. The molecule has 0 spiro atoms. The molecule has 0 fully saturated rings. The number of aryl methyl sites for hydroxylation is 2. The van der Waals surface area contributed by atoms with Crippen LogP contribution < -0.4 is 4.74 Å². The molecule has 4 nitrogen and oxygen atoms in total. The number of nitrogens with zero attached hydrogens (tertiary/aromatic N) is 3. The fourth-order valence-corrected chi connectivity index (χ4v) is 4.35. The molecule has 0 bridgehead atoms. The maximum absolute atomic E-state index is 6.31. The van der Waals surface area contributed by atoms with Crippen molar-refractivity contribution in [1.29, 1.82) is 0 Å². The fourth-order valence-electron chi connectivity index (χ4n) is 2.32. The topological polar surface area (TPSA) is 39.9 Å². The molecule has 0 aliphatic carbocycles. The summed E-state index contributed by atoms with van der Waals surface area (Å²) in [5, 5.41) is 12.3. The largest absolute Gasteiger partial charge is 0.497 e. The molecule has 0 amide bonds. The highest BCUT2D eigenvalue weighted by molar-refractivity contribution is 7.98. The average molecular weight is 380 g/mol. The summed E-state index contributed by atoms with van der Waals surface area (Å²) in [6.07, 6.45) is 0.993. The maximum Gasteiger partial charge on any atom is 0.191 e. The lowest BCUT2D eigenvalue weighted by atomic mass is 10.2. The number of aromatic nitrogens is 3. The summed E-state index contributed by atoms with van der Waals surface area (Å²) >= 11 is 9.75. The molecule has 3 aromatic rings. The number of hydrogen-bond donors (Lipinski definition) is 0. The first kappa shape index (κ1) is 17.3. The quantitative estimate of drug-likeness (QED) is 0.550. The van der Waals surface area contributed by atoms with Crippen molar-refractivity contribution in [1.82, 2.24) is 14.8 Å². The van der Waals surface area contributed by atoms with Crippen molar-refractivity contribution in [3.8, 4) is 5.75 Å². The summed E-state index contributed by atoms with van der Waals surface area (Å²) in [5.41, 5.74) is 1.06. The molecule has 0 saturated carbocycles. The van der Waals surface area contributed by atoms with E-state index in [1.165, 1.54) is 4.88 Å². The van der Waals surface area contributed by atoms with Crippen LogP contribution in [0.5, 0.6) is 5.75 Å². The van der Waals surface area contributed by atoms with Crippen LogP contribution in [0.3, 0.4) is 0 Å². The minimum atomic E-state index is 0.711. The Morgan fingerprint density at radius 2 is 2.17 bits per heavy atom. The molecule has 2 heterocycles. The van der Waals surface area contributed by atoms with Crippen LogP contribution >= 0.6 is 34.7 Å². The van der Waals surface area contributed by atoms with E-state index in [-0.39, 0.29) is 0 Å². The van der Waals surface area contributed by atoms with E-state index in [1.54, 1.807) is 30.2 Å². The van der Waals surface area contributed by atoms with Gasteiger partial charge in [0.25, 0.3) is 0 Å². The molecule has 24 heavy (non-hydrogen) atoms. The van der Waals surface area contributed by atoms with Crippen LogP contribution in [0.25, 0.3) is 0 Å². The molecule has 1 aromatic carbocycles. The van der Waals surface area contributed by atoms with E-state index in [4.69, 9.17) is 16.3 Å². The van der Waals surface area contributed by atoms with E-state index in [0.29, 0.717) is 5.02 Å². The van der Waals surface area contributed by atoms with Gasteiger partial charge in [-0.15, -0.1) is 21.5 Å². The minimum Gasteiger partial charge on any atom is -0.497 e. The van der Waals surface area contributed by atoms with E-state index >= 15 is 0 Å². The number of thioether (sulfide) groups is 1. The Balaban J connectivity index is 1.67. The van der Waals surface area contributed by atoms with Gasteiger partial charge in [0.05, 0.1) is 7.11 Å². The number of methoxy groups -OCH3 is 1. The third kappa shape index (κ3) is 4.12. The first-order valence-corrected chi connectivity index (χ1v) is 9.79. The van der Waals surface area contributed by atoms with Crippen molar-refractivity contribution in [2.45, 2.75) is 30.8 Å². The van der Waals surface area contributed by atoms with Gasteiger partial charge in [-0.25, -0.2) is 0 Å². The van der Waals surface area contributed by atoms with Crippen LogP contribution in [-0.2, 0) is 18.7 Å². The molecule has 7 heteroatoms. The molecule has 0 N–H and O–H groups in total. The molecule has 0 radical (unpaired) electrons. The summed E-state index contributed by atoms with van der Waals surface area (Å²) in [4.78, 5) is 1.37. The van der Waals surface area contributed by atoms with Gasteiger partial charge in [-0.2, -0.15) is 0 Å². The zero-order valence-corrected chi connectivity index (χ0v) is 15.9. The zero-order valence-electron chi connectivity index (χ0n) is 13.5. The molecular formula is C17H18ClN3OS2. The van der Waals surface area contributed by atoms with Crippen LogP contribution in [0.2, 0.25) is 5.02 Å². The predicted molar refractivity (Wildman–Crippen MR) is 100 cm³/mol. The Morgan fingerprint density at radius 3 is 2.88 bits per heavy atom. The Labute approximate surface area is 154 Å². The Morgan fingerprint density at radius 1 is 1.29 bits per heavy atom. The Hall–Kier alpha value is -1.50. The van der Waals surface area contributed by atoms with Crippen molar-refractivity contribution < 1.29 is 4.74 Å². The summed E-state index contributed by atoms with van der Waals surface area (Å²) in [5.74, 6) is 2.46. The molecule has 0 atom stereocenters. The van der Waals surface area contributed by atoms with Gasteiger partial charge in [-0.3, -0.25) is 0 Å². The van der Waals surface area contributed by atoms with E-state index < -0.39 is 0 Å². The van der Waals surface area contributed by atoms with Gasteiger partial charge in [0.2, 0.25) is 0 Å². The second-order valence-corrected chi connectivity index (χ2v) is 7.64. The number of rotatable bonds is 7. The van der Waals surface area contributed by atoms with Gasteiger partial charge in [-0.05, 0) is 42.5 Å². The Bertz CT molecular complexity index is 802. The van der Waals surface area contributed by atoms with Crippen molar-refractivity contribution in [3.05, 3.63) is 57.0 Å². The summed E-state index contributed by atoms with van der Waals surface area (Å²) in [6, 6.07) is 10.0. The lowest BCUT2D eigenvalue weighted by molar-refractivity contribution is 0.414. The fraction of sp³-hybridized carbons (Fsp3) is 0.294. The summed E-state index contributed by atoms with van der Waals surface area (Å²) in [6.45, 7) is 2.88. The molecule has 0 aliphatic rings. The van der Waals surface area contributed by atoms with Crippen LogP contribution in [0.4, 0.5) is 0 Å². The minimum absolute atomic E-state index is 0.711. The second kappa shape index (κ2) is 8.05. The highest BCUT2D eigenvalue weighted by Gasteiger charge is 2.11. The van der Waals surface area contributed by atoms with Crippen molar-refractivity contribution >= 4 is 34.7 Å². The van der Waals surface area contributed by atoms with Gasteiger partial charge in [0.15, 0.2) is 5.16 Å². The monoisotopic (exact) mass is 379 g/mol. The van der Waals surface area contributed by atoms with Crippen molar-refractivity contribution in [3.63, 3.8) is 0 Å². The molecular weight excluding hydrogens is 362 g/mol. The highest BCUT2D eigenvalue weighted by Crippen LogP contribution is 2.29.